The van der Waals surface area contributed by atoms with E-state index >= 15 is 0 Å². The van der Waals surface area contributed by atoms with E-state index in [2.05, 4.69) is 4.98 Å². The van der Waals surface area contributed by atoms with Crippen LogP contribution in [0.15, 0.2) is 59.7 Å². The van der Waals surface area contributed by atoms with E-state index in [1.165, 1.54) is 10.9 Å². The minimum atomic E-state index is -0.189. The number of hydrogen-bond acceptors (Lipinski definition) is 4. The van der Waals surface area contributed by atoms with Gasteiger partial charge in [0.1, 0.15) is 12.3 Å². The van der Waals surface area contributed by atoms with Gasteiger partial charge in [0.25, 0.3) is 5.56 Å². The molecule has 0 N–H and O–H groups in total. The van der Waals surface area contributed by atoms with Gasteiger partial charge in [-0.25, -0.2) is 4.98 Å². The van der Waals surface area contributed by atoms with E-state index in [-0.39, 0.29) is 24.1 Å². The van der Waals surface area contributed by atoms with Crippen molar-refractivity contribution >= 4 is 16.8 Å². The smallest absolute Gasteiger partial charge is 0.261 e. The number of carbonyl (C=O) groups excluding carboxylic acids is 1. The van der Waals surface area contributed by atoms with Crippen molar-refractivity contribution in [2.24, 2.45) is 0 Å². The standard InChI is InChI=1S/C21H21N3O3/c1-27-16-7-4-6-15(12-16)19-10-5-11-24(19)20(25)13-23-14-22-18-9-3-2-8-17(18)21(23)26/h2-4,6-9,12,14,19H,5,10-11,13H2,1H3/t19-/m0/s1. The summed E-state index contributed by atoms with van der Waals surface area (Å²) in [5, 5.41) is 0.526. The molecule has 2 heterocycles. The Hall–Kier alpha value is -3.15. The largest absolute Gasteiger partial charge is 0.497 e. The number of nitrogens with zero attached hydrogens (tertiary/aromatic N) is 3. The van der Waals surface area contributed by atoms with E-state index in [0.29, 0.717) is 17.4 Å². The van der Waals surface area contributed by atoms with Crippen LogP contribution in [-0.4, -0.2) is 34.0 Å². The minimum Gasteiger partial charge on any atom is -0.497 e. The number of amides is 1. The second-order valence-corrected chi connectivity index (χ2v) is 6.72. The maximum absolute atomic E-state index is 12.9. The summed E-state index contributed by atoms with van der Waals surface area (Å²) in [4.78, 5) is 31.8. The van der Waals surface area contributed by atoms with Crippen molar-refractivity contribution in [3.63, 3.8) is 0 Å². The Morgan fingerprint density at radius 2 is 2.07 bits per heavy atom. The van der Waals surface area contributed by atoms with E-state index in [4.69, 9.17) is 4.74 Å². The molecule has 0 spiro atoms. The molecule has 27 heavy (non-hydrogen) atoms. The molecule has 4 rings (SSSR count). The van der Waals surface area contributed by atoms with Crippen LogP contribution < -0.4 is 10.3 Å². The topological polar surface area (TPSA) is 64.4 Å². The Morgan fingerprint density at radius 3 is 2.93 bits per heavy atom. The van der Waals surface area contributed by atoms with Gasteiger partial charge in [-0.2, -0.15) is 0 Å². The van der Waals surface area contributed by atoms with Crippen LogP contribution in [0.4, 0.5) is 0 Å². The molecule has 6 nitrogen and oxygen atoms in total. The molecule has 6 heteroatoms. The highest BCUT2D eigenvalue weighted by Gasteiger charge is 2.30. The molecule has 0 saturated carbocycles. The average Bonchev–Trinajstić information content (AvgIpc) is 3.20. The summed E-state index contributed by atoms with van der Waals surface area (Å²) in [7, 11) is 1.63. The van der Waals surface area contributed by atoms with Crippen LogP contribution in [0.3, 0.4) is 0 Å². The maximum atomic E-state index is 12.9. The first-order valence-electron chi connectivity index (χ1n) is 9.05. The molecule has 3 aromatic rings. The molecule has 0 aliphatic carbocycles. The highest BCUT2D eigenvalue weighted by Crippen LogP contribution is 2.33. The monoisotopic (exact) mass is 363 g/mol. The summed E-state index contributed by atoms with van der Waals surface area (Å²) in [5.74, 6) is 0.709. The molecule has 1 saturated heterocycles. The molecule has 2 aromatic carbocycles. The molecule has 0 bridgehead atoms. The molecule has 1 aromatic heterocycles. The quantitative estimate of drug-likeness (QED) is 0.715. The zero-order valence-corrected chi connectivity index (χ0v) is 15.2. The molecule has 0 radical (unpaired) electrons. The van der Waals surface area contributed by atoms with Crippen LogP contribution in [0.2, 0.25) is 0 Å². The predicted molar refractivity (Wildman–Crippen MR) is 103 cm³/mol. The molecular weight excluding hydrogens is 342 g/mol. The van der Waals surface area contributed by atoms with Gasteiger partial charge in [0.15, 0.2) is 0 Å². The first kappa shape index (κ1) is 17.3. The van der Waals surface area contributed by atoms with E-state index in [1.54, 1.807) is 25.3 Å². The van der Waals surface area contributed by atoms with Crippen molar-refractivity contribution in [3.8, 4) is 5.75 Å². The van der Waals surface area contributed by atoms with Crippen LogP contribution in [0.25, 0.3) is 10.9 Å². The Kier molecular flexibility index (Phi) is 4.62. The van der Waals surface area contributed by atoms with Crippen molar-refractivity contribution in [2.75, 3.05) is 13.7 Å². The summed E-state index contributed by atoms with van der Waals surface area (Å²) in [5.41, 5.74) is 1.51. The van der Waals surface area contributed by atoms with Gasteiger partial charge in [-0.05, 0) is 42.7 Å². The molecule has 1 aliphatic rings. The Morgan fingerprint density at radius 1 is 1.22 bits per heavy atom. The second kappa shape index (κ2) is 7.23. The average molecular weight is 363 g/mol. The van der Waals surface area contributed by atoms with Crippen molar-refractivity contribution < 1.29 is 9.53 Å². The van der Waals surface area contributed by atoms with Gasteiger partial charge in [-0.15, -0.1) is 0 Å². The number of para-hydroxylation sites is 1. The lowest BCUT2D eigenvalue weighted by Crippen LogP contribution is -2.36. The number of benzene rings is 2. The van der Waals surface area contributed by atoms with Crippen molar-refractivity contribution in [3.05, 3.63) is 70.8 Å². The van der Waals surface area contributed by atoms with Gasteiger partial charge in [0.05, 0.1) is 30.4 Å². The van der Waals surface area contributed by atoms with Gasteiger partial charge in [0, 0.05) is 6.54 Å². The van der Waals surface area contributed by atoms with E-state index in [9.17, 15) is 9.59 Å². The first-order chi connectivity index (χ1) is 13.2. The molecule has 138 valence electrons. The number of aromatic nitrogens is 2. The zero-order valence-electron chi connectivity index (χ0n) is 15.2. The molecule has 0 unspecified atom stereocenters. The van der Waals surface area contributed by atoms with Crippen molar-refractivity contribution in [2.45, 2.75) is 25.4 Å². The van der Waals surface area contributed by atoms with Crippen molar-refractivity contribution in [1.29, 1.82) is 0 Å². The van der Waals surface area contributed by atoms with Gasteiger partial charge >= 0.3 is 0 Å². The molecule has 1 atom stereocenters. The summed E-state index contributed by atoms with van der Waals surface area (Å²) >= 11 is 0. The number of likely N-dealkylation sites (tertiary alicyclic amines) is 1. The van der Waals surface area contributed by atoms with Crippen LogP contribution in [0.5, 0.6) is 5.75 Å². The molecule has 1 aliphatic heterocycles. The molecule has 1 fully saturated rings. The summed E-state index contributed by atoms with van der Waals surface area (Å²) in [6.45, 7) is 0.688. The van der Waals surface area contributed by atoms with Crippen LogP contribution in [0.1, 0.15) is 24.4 Å². The Bertz CT molecular complexity index is 1040. The fourth-order valence-corrected chi connectivity index (χ4v) is 3.72. The van der Waals surface area contributed by atoms with Gasteiger partial charge in [-0.3, -0.25) is 14.2 Å². The third-order valence-electron chi connectivity index (χ3n) is 5.09. The highest BCUT2D eigenvalue weighted by molar-refractivity contribution is 5.79. The fraction of sp³-hybridized carbons (Fsp3) is 0.286. The number of carbonyl (C=O) groups is 1. The van der Waals surface area contributed by atoms with E-state index < -0.39 is 0 Å². The maximum Gasteiger partial charge on any atom is 0.261 e. The van der Waals surface area contributed by atoms with Crippen LogP contribution >= 0.6 is 0 Å². The number of rotatable bonds is 4. The van der Waals surface area contributed by atoms with Crippen LogP contribution in [-0.2, 0) is 11.3 Å². The van der Waals surface area contributed by atoms with Crippen LogP contribution in [0, 0.1) is 0 Å². The zero-order chi connectivity index (χ0) is 18.8. The lowest BCUT2D eigenvalue weighted by Gasteiger charge is -2.25. The van der Waals surface area contributed by atoms with Gasteiger partial charge in [-0.1, -0.05) is 24.3 Å². The summed E-state index contributed by atoms with van der Waals surface area (Å²) in [6, 6.07) is 15.0. The number of hydrogen-bond donors (Lipinski definition) is 0. The number of methoxy groups -OCH3 is 1. The lowest BCUT2D eigenvalue weighted by atomic mass is 10.0. The van der Waals surface area contributed by atoms with Gasteiger partial charge < -0.3 is 9.64 Å². The van der Waals surface area contributed by atoms with E-state index in [0.717, 1.165) is 24.2 Å². The highest BCUT2D eigenvalue weighted by atomic mass is 16.5. The number of ether oxygens (including phenoxy) is 1. The minimum absolute atomic E-state index is 0.00284. The summed E-state index contributed by atoms with van der Waals surface area (Å²) in [6.07, 6.45) is 3.31. The predicted octanol–water partition coefficient (Wildman–Crippen LogP) is 2.77. The SMILES string of the molecule is COc1cccc([C@@H]2CCCN2C(=O)Cn2cnc3ccccc3c2=O)c1. The lowest BCUT2D eigenvalue weighted by molar-refractivity contribution is -0.132. The van der Waals surface area contributed by atoms with E-state index in [1.807, 2.05) is 35.2 Å². The Balaban J connectivity index is 1.59. The first-order valence-corrected chi connectivity index (χ1v) is 9.05. The molecule has 1 amide bonds. The Labute approximate surface area is 157 Å². The third-order valence-corrected chi connectivity index (χ3v) is 5.09. The third kappa shape index (κ3) is 3.30. The normalized spacial score (nSPS) is 16.6. The van der Waals surface area contributed by atoms with Gasteiger partial charge in [0.2, 0.25) is 5.91 Å². The van der Waals surface area contributed by atoms with Crippen molar-refractivity contribution in [1.82, 2.24) is 14.5 Å². The fourth-order valence-electron chi connectivity index (χ4n) is 3.72. The molecular formula is C21H21N3O3. The second-order valence-electron chi connectivity index (χ2n) is 6.72. The number of fused-ring (bicyclic) bond motifs is 1. The summed E-state index contributed by atoms with van der Waals surface area (Å²) < 4.78 is 6.70.